The molecule has 1 atom stereocenters. The third-order valence-corrected chi connectivity index (χ3v) is 3.70. The van der Waals surface area contributed by atoms with Crippen molar-refractivity contribution >= 4 is 11.8 Å². The molecule has 0 radical (unpaired) electrons. The Labute approximate surface area is 108 Å². The highest BCUT2D eigenvalue weighted by Crippen LogP contribution is 2.11. The van der Waals surface area contributed by atoms with Crippen LogP contribution < -0.4 is 5.32 Å². The van der Waals surface area contributed by atoms with Crippen LogP contribution in [0, 0.1) is 0 Å². The van der Waals surface area contributed by atoms with E-state index in [4.69, 9.17) is 0 Å². The number of hydrogen-bond acceptors (Lipinski definition) is 3. The Balaban J connectivity index is 1.86. The van der Waals surface area contributed by atoms with Gasteiger partial charge in [-0.2, -0.15) is 0 Å². The lowest BCUT2D eigenvalue weighted by Crippen LogP contribution is -2.57. The van der Waals surface area contributed by atoms with E-state index in [2.05, 4.69) is 5.32 Å². The molecule has 0 aliphatic carbocycles. The number of carbonyl (C=O) groups excluding carboxylic acids is 2. The predicted octanol–water partition coefficient (Wildman–Crippen LogP) is 0.209. The fourth-order valence-corrected chi connectivity index (χ4v) is 2.69. The van der Waals surface area contributed by atoms with E-state index >= 15 is 0 Å². The fraction of sp³-hybridized carbons (Fsp3) is 0.846. The monoisotopic (exact) mass is 253 g/mol. The van der Waals surface area contributed by atoms with E-state index in [1.54, 1.807) is 9.80 Å². The lowest BCUT2D eigenvalue weighted by Gasteiger charge is -2.36. The van der Waals surface area contributed by atoms with Gasteiger partial charge in [-0.1, -0.05) is 13.3 Å². The smallest absolute Gasteiger partial charge is 0.242 e. The summed E-state index contributed by atoms with van der Waals surface area (Å²) in [6, 6.07) is 0.369. The van der Waals surface area contributed by atoms with Crippen molar-refractivity contribution in [3.8, 4) is 0 Å². The van der Waals surface area contributed by atoms with Crippen LogP contribution in [0.2, 0.25) is 0 Å². The van der Waals surface area contributed by atoms with Crippen LogP contribution in [-0.4, -0.2) is 60.4 Å². The van der Waals surface area contributed by atoms with Crippen molar-refractivity contribution in [3.63, 3.8) is 0 Å². The minimum atomic E-state index is 0.0901. The second-order valence-corrected chi connectivity index (χ2v) is 5.24. The van der Waals surface area contributed by atoms with Crippen LogP contribution in [0.4, 0.5) is 0 Å². The highest BCUT2D eigenvalue weighted by Gasteiger charge is 2.30. The minimum Gasteiger partial charge on any atom is -0.332 e. The van der Waals surface area contributed by atoms with Crippen molar-refractivity contribution in [2.24, 2.45) is 0 Å². The molecule has 2 aliphatic rings. The third-order valence-electron chi connectivity index (χ3n) is 3.70. The average molecular weight is 253 g/mol. The maximum atomic E-state index is 12.0. The molecule has 102 valence electrons. The molecule has 2 fully saturated rings. The van der Waals surface area contributed by atoms with Crippen molar-refractivity contribution in [3.05, 3.63) is 0 Å². The number of nitrogens with one attached hydrogen (secondary N) is 1. The molecule has 5 nitrogen and oxygen atoms in total. The van der Waals surface area contributed by atoms with E-state index in [1.165, 1.54) is 12.8 Å². The summed E-state index contributed by atoms with van der Waals surface area (Å²) in [6.45, 7) is 4.96. The first-order valence-corrected chi connectivity index (χ1v) is 6.99. The quantitative estimate of drug-likeness (QED) is 0.779. The zero-order valence-electron chi connectivity index (χ0n) is 11.2. The highest BCUT2D eigenvalue weighted by atomic mass is 16.2. The maximum absolute atomic E-state index is 12.0. The number of carbonyl (C=O) groups is 2. The first-order valence-electron chi connectivity index (χ1n) is 6.99. The first kappa shape index (κ1) is 13.3. The largest absolute Gasteiger partial charge is 0.332 e. The molecule has 18 heavy (non-hydrogen) atoms. The molecule has 2 heterocycles. The van der Waals surface area contributed by atoms with Crippen LogP contribution in [0.1, 0.15) is 32.6 Å². The summed E-state index contributed by atoms with van der Waals surface area (Å²) >= 11 is 0. The van der Waals surface area contributed by atoms with E-state index in [-0.39, 0.29) is 24.9 Å². The Kier molecular flexibility index (Phi) is 4.58. The summed E-state index contributed by atoms with van der Waals surface area (Å²) in [5.74, 6) is 0.183. The summed E-state index contributed by atoms with van der Waals surface area (Å²) in [5.41, 5.74) is 0. The van der Waals surface area contributed by atoms with Crippen LogP contribution in [0.25, 0.3) is 0 Å². The van der Waals surface area contributed by atoms with Crippen molar-refractivity contribution in [2.75, 3.05) is 32.7 Å². The van der Waals surface area contributed by atoms with Crippen molar-refractivity contribution in [2.45, 2.75) is 38.6 Å². The van der Waals surface area contributed by atoms with Crippen molar-refractivity contribution < 1.29 is 9.59 Å². The zero-order chi connectivity index (χ0) is 13.0. The lowest BCUT2D eigenvalue weighted by atomic mass is 10.0. The second-order valence-electron chi connectivity index (χ2n) is 5.24. The number of piperazine rings is 1. The maximum Gasteiger partial charge on any atom is 0.242 e. The second kappa shape index (κ2) is 6.18. The fourth-order valence-electron chi connectivity index (χ4n) is 2.69. The van der Waals surface area contributed by atoms with Gasteiger partial charge in [-0.05, 0) is 25.8 Å². The average Bonchev–Trinajstić information content (AvgIpc) is 2.37. The molecule has 0 aromatic heterocycles. The van der Waals surface area contributed by atoms with Gasteiger partial charge in [-0.15, -0.1) is 0 Å². The van der Waals surface area contributed by atoms with Crippen LogP contribution in [0.15, 0.2) is 0 Å². The van der Waals surface area contributed by atoms with E-state index < -0.39 is 0 Å². The van der Waals surface area contributed by atoms with Gasteiger partial charge in [0.15, 0.2) is 0 Å². The Morgan fingerprint density at radius 2 is 1.89 bits per heavy atom. The van der Waals surface area contributed by atoms with Gasteiger partial charge in [0.05, 0.1) is 13.1 Å². The van der Waals surface area contributed by atoms with Gasteiger partial charge < -0.3 is 15.1 Å². The molecular weight excluding hydrogens is 230 g/mol. The molecule has 0 aromatic carbocycles. The number of hydrogen-bond donors (Lipinski definition) is 1. The highest BCUT2D eigenvalue weighted by molar-refractivity contribution is 5.92. The van der Waals surface area contributed by atoms with E-state index in [9.17, 15) is 9.59 Å². The van der Waals surface area contributed by atoms with Gasteiger partial charge in [0.25, 0.3) is 0 Å². The minimum absolute atomic E-state index is 0.0901. The summed E-state index contributed by atoms with van der Waals surface area (Å²) in [5, 5.41) is 3.42. The van der Waals surface area contributed by atoms with Gasteiger partial charge in [-0.3, -0.25) is 9.59 Å². The molecule has 1 N–H and O–H groups in total. The summed E-state index contributed by atoms with van der Waals surface area (Å²) < 4.78 is 0. The topological polar surface area (TPSA) is 52.7 Å². The number of amides is 2. The molecular formula is C13H23N3O2. The van der Waals surface area contributed by atoms with Crippen LogP contribution in [0.3, 0.4) is 0 Å². The molecule has 5 heteroatoms. The Hall–Kier alpha value is -1.10. The van der Waals surface area contributed by atoms with Gasteiger partial charge >= 0.3 is 0 Å². The van der Waals surface area contributed by atoms with Gasteiger partial charge in [0, 0.05) is 19.1 Å². The molecule has 0 saturated carbocycles. The van der Waals surface area contributed by atoms with E-state index in [0.29, 0.717) is 19.1 Å². The van der Waals surface area contributed by atoms with Crippen LogP contribution in [0.5, 0.6) is 0 Å². The number of rotatable bonds is 4. The van der Waals surface area contributed by atoms with Gasteiger partial charge in [0.1, 0.15) is 0 Å². The lowest BCUT2D eigenvalue weighted by molar-refractivity contribution is -0.150. The number of piperidine rings is 1. The molecule has 2 rings (SSSR count). The van der Waals surface area contributed by atoms with E-state index in [0.717, 1.165) is 19.4 Å². The van der Waals surface area contributed by atoms with Gasteiger partial charge in [-0.25, -0.2) is 0 Å². The molecule has 2 amide bonds. The standard InChI is InChI=1S/C13H23N3O2/c1-2-7-15-9-13(18)16(10-12(15)17)8-11-5-3-4-6-14-11/h11,14H,2-10H2,1H3. The molecule has 2 aliphatic heterocycles. The third kappa shape index (κ3) is 3.22. The Morgan fingerprint density at radius 1 is 1.17 bits per heavy atom. The molecule has 2 saturated heterocycles. The summed E-state index contributed by atoms with van der Waals surface area (Å²) in [6.07, 6.45) is 4.45. The normalized spacial score (nSPS) is 25.7. The van der Waals surface area contributed by atoms with E-state index in [1.807, 2.05) is 6.92 Å². The zero-order valence-corrected chi connectivity index (χ0v) is 11.2. The molecule has 0 bridgehead atoms. The van der Waals surface area contributed by atoms with Crippen molar-refractivity contribution in [1.29, 1.82) is 0 Å². The molecule has 0 aromatic rings. The summed E-state index contributed by atoms with van der Waals surface area (Å²) in [4.78, 5) is 27.3. The predicted molar refractivity (Wildman–Crippen MR) is 69.1 cm³/mol. The first-order chi connectivity index (χ1) is 8.70. The Bertz CT molecular complexity index is 313. The van der Waals surface area contributed by atoms with Crippen molar-refractivity contribution in [1.82, 2.24) is 15.1 Å². The summed E-state index contributed by atoms with van der Waals surface area (Å²) in [7, 11) is 0. The number of nitrogens with zero attached hydrogens (tertiary/aromatic N) is 2. The molecule has 1 unspecified atom stereocenters. The molecule has 0 spiro atoms. The van der Waals surface area contributed by atoms with Crippen LogP contribution in [-0.2, 0) is 9.59 Å². The SMILES string of the molecule is CCCN1CC(=O)N(CC2CCCCN2)CC1=O. The van der Waals surface area contributed by atoms with Crippen LogP contribution >= 0.6 is 0 Å². The van der Waals surface area contributed by atoms with Gasteiger partial charge in [0.2, 0.25) is 11.8 Å². The Morgan fingerprint density at radius 3 is 2.56 bits per heavy atom.